The highest BCUT2D eigenvalue weighted by molar-refractivity contribution is 6.30. The number of likely N-dealkylation sites (N-methyl/N-ethyl adjacent to an activating group) is 1. The average molecular weight is 284 g/mol. The molecule has 0 saturated carbocycles. The molecular formula is C14H18ClNO3. The Balaban J connectivity index is 2.07. The molecule has 1 aliphatic heterocycles. The third-order valence-corrected chi connectivity index (χ3v) is 3.79. The van der Waals surface area contributed by atoms with Crippen molar-refractivity contribution in [1.29, 1.82) is 0 Å². The lowest BCUT2D eigenvalue weighted by atomic mass is 10.0. The van der Waals surface area contributed by atoms with Crippen LogP contribution < -0.4 is 0 Å². The van der Waals surface area contributed by atoms with Crippen LogP contribution in [0.1, 0.15) is 12.5 Å². The van der Waals surface area contributed by atoms with Crippen LogP contribution in [0.25, 0.3) is 0 Å². The number of carboxylic acid groups (broad SMARTS) is 1. The molecule has 1 N–H and O–H groups in total. The van der Waals surface area contributed by atoms with Crippen molar-refractivity contribution < 1.29 is 14.6 Å². The molecule has 0 bridgehead atoms. The number of carboxylic acids is 1. The van der Waals surface area contributed by atoms with E-state index in [1.807, 2.05) is 31.2 Å². The molecular weight excluding hydrogens is 266 g/mol. The molecule has 0 aromatic heterocycles. The molecule has 0 radical (unpaired) electrons. The average Bonchev–Trinajstić information content (AvgIpc) is 2.87. The lowest BCUT2D eigenvalue weighted by Crippen LogP contribution is -2.42. The van der Waals surface area contributed by atoms with E-state index in [0.29, 0.717) is 24.8 Å². The zero-order valence-corrected chi connectivity index (χ0v) is 11.6. The van der Waals surface area contributed by atoms with Gasteiger partial charge in [0.2, 0.25) is 0 Å². The first-order chi connectivity index (χ1) is 9.11. The van der Waals surface area contributed by atoms with Gasteiger partial charge in [-0.05, 0) is 24.2 Å². The molecule has 1 aromatic carbocycles. The lowest BCUT2D eigenvalue weighted by Gasteiger charge is -2.29. The van der Waals surface area contributed by atoms with Crippen LogP contribution in [0.4, 0.5) is 0 Å². The van der Waals surface area contributed by atoms with E-state index in [1.54, 1.807) is 0 Å². The van der Waals surface area contributed by atoms with Gasteiger partial charge in [0.1, 0.15) is 0 Å². The van der Waals surface area contributed by atoms with Crippen molar-refractivity contribution in [3.63, 3.8) is 0 Å². The quantitative estimate of drug-likeness (QED) is 0.901. The molecule has 0 amide bonds. The zero-order chi connectivity index (χ0) is 13.8. The summed E-state index contributed by atoms with van der Waals surface area (Å²) in [6.07, 6.45) is 0. The second-order valence-corrected chi connectivity index (χ2v) is 5.18. The maximum atomic E-state index is 11.2. The van der Waals surface area contributed by atoms with Gasteiger partial charge in [0.25, 0.3) is 0 Å². The monoisotopic (exact) mass is 283 g/mol. The molecule has 1 heterocycles. The molecule has 2 rings (SSSR count). The number of benzene rings is 1. The van der Waals surface area contributed by atoms with Crippen LogP contribution in [0.2, 0.25) is 5.02 Å². The first-order valence-electron chi connectivity index (χ1n) is 6.41. The number of halogens is 1. The van der Waals surface area contributed by atoms with Crippen molar-refractivity contribution in [1.82, 2.24) is 4.90 Å². The highest BCUT2D eigenvalue weighted by atomic mass is 35.5. The number of rotatable bonds is 5. The molecule has 1 saturated heterocycles. The summed E-state index contributed by atoms with van der Waals surface area (Å²) in [6.45, 7) is 4.33. The van der Waals surface area contributed by atoms with Crippen molar-refractivity contribution in [2.24, 2.45) is 5.92 Å². The summed E-state index contributed by atoms with van der Waals surface area (Å²) in [5.74, 6) is -1.22. The van der Waals surface area contributed by atoms with Crippen molar-refractivity contribution in [2.75, 3.05) is 19.8 Å². The van der Waals surface area contributed by atoms with E-state index in [0.717, 1.165) is 12.1 Å². The van der Waals surface area contributed by atoms with Crippen LogP contribution in [0.15, 0.2) is 24.3 Å². The van der Waals surface area contributed by atoms with Crippen LogP contribution in [0.5, 0.6) is 0 Å². The maximum absolute atomic E-state index is 11.2. The van der Waals surface area contributed by atoms with Crippen LogP contribution in [-0.2, 0) is 16.1 Å². The molecule has 0 spiro atoms. The number of hydrogen-bond donors (Lipinski definition) is 1. The highest BCUT2D eigenvalue weighted by Crippen LogP contribution is 2.22. The molecule has 1 fully saturated rings. The minimum Gasteiger partial charge on any atom is -0.481 e. The van der Waals surface area contributed by atoms with E-state index < -0.39 is 11.9 Å². The van der Waals surface area contributed by atoms with Crippen molar-refractivity contribution in [3.8, 4) is 0 Å². The Morgan fingerprint density at radius 2 is 2.11 bits per heavy atom. The standard InChI is InChI=1S/C14H18ClNO3/c1-2-16(7-10-3-5-11(15)6-4-10)13-9-19-8-12(13)14(17)18/h3-6,12-13H,2,7-9H2,1H3,(H,17,18). The second kappa shape index (κ2) is 6.37. The predicted octanol–water partition coefficient (Wildman–Crippen LogP) is 2.26. The van der Waals surface area contributed by atoms with E-state index in [2.05, 4.69) is 4.90 Å². The Labute approximate surface area is 117 Å². The third-order valence-electron chi connectivity index (χ3n) is 3.54. The second-order valence-electron chi connectivity index (χ2n) is 4.74. The predicted molar refractivity (Wildman–Crippen MR) is 73.3 cm³/mol. The summed E-state index contributed by atoms with van der Waals surface area (Å²) in [7, 11) is 0. The summed E-state index contributed by atoms with van der Waals surface area (Å²) >= 11 is 5.86. The van der Waals surface area contributed by atoms with Crippen LogP contribution in [0, 0.1) is 5.92 Å². The van der Waals surface area contributed by atoms with E-state index >= 15 is 0 Å². The minimum atomic E-state index is -0.781. The number of hydrogen-bond acceptors (Lipinski definition) is 3. The first-order valence-corrected chi connectivity index (χ1v) is 6.78. The summed E-state index contributed by atoms with van der Waals surface area (Å²) in [6, 6.07) is 7.58. The number of aliphatic carboxylic acids is 1. The van der Waals surface area contributed by atoms with Gasteiger partial charge in [-0.2, -0.15) is 0 Å². The summed E-state index contributed by atoms with van der Waals surface area (Å²) in [4.78, 5) is 13.4. The van der Waals surface area contributed by atoms with E-state index in [4.69, 9.17) is 16.3 Å². The van der Waals surface area contributed by atoms with Crippen LogP contribution >= 0.6 is 11.6 Å². The largest absolute Gasteiger partial charge is 0.481 e. The van der Waals surface area contributed by atoms with Gasteiger partial charge >= 0.3 is 5.97 Å². The van der Waals surface area contributed by atoms with Gasteiger partial charge < -0.3 is 9.84 Å². The third kappa shape index (κ3) is 3.47. The van der Waals surface area contributed by atoms with E-state index in [-0.39, 0.29) is 6.04 Å². The summed E-state index contributed by atoms with van der Waals surface area (Å²) < 4.78 is 5.33. The molecule has 19 heavy (non-hydrogen) atoms. The first kappa shape index (κ1) is 14.3. The number of carbonyl (C=O) groups is 1. The fourth-order valence-electron chi connectivity index (χ4n) is 2.43. The fraction of sp³-hybridized carbons (Fsp3) is 0.500. The molecule has 5 heteroatoms. The number of ether oxygens (including phenoxy) is 1. The molecule has 1 aliphatic rings. The van der Waals surface area contributed by atoms with Crippen molar-refractivity contribution in [2.45, 2.75) is 19.5 Å². The van der Waals surface area contributed by atoms with Gasteiger partial charge in [-0.25, -0.2) is 0 Å². The van der Waals surface area contributed by atoms with Gasteiger partial charge in [-0.1, -0.05) is 30.7 Å². The SMILES string of the molecule is CCN(Cc1ccc(Cl)cc1)C1COCC1C(=O)O. The minimum absolute atomic E-state index is 0.0572. The van der Waals surface area contributed by atoms with Crippen molar-refractivity contribution >= 4 is 17.6 Å². The Hall–Kier alpha value is -1.10. The number of nitrogens with zero attached hydrogens (tertiary/aromatic N) is 1. The van der Waals surface area contributed by atoms with Crippen LogP contribution in [0.3, 0.4) is 0 Å². The van der Waals surface area contributed by atoms with Crippen molar-refractivity contribution in [3.05, 3.63) is 34.9 Å². The topological polar surface area (TPSA) is 49.8 Å². The normalized spacial score (nSPS) is 22.9. The van der Waals surface area contributed by atoms with Gasteiger partial charge in [0.05, 0.1) is 19.1 Å². The lowest BCUT2D eigenvalue weighted by molar-refractivity contribution is -0.143. The molecule has 2 atom stereocenters. The van der Waals surface area contributed by atoms with E-state index in [1.165, 1.54) is 0 Å². The van der Waals surface area contributed by atoms with Gasteiger partial charge in [-0.15, -0.1) is 0 Å². The molecule has 104 valence electrons. The maximum Gasteiger partial charge on any atom is 0.310 e. The highest BCUT2D eigenvalue weighted by Gasteiger charge is 2.37. The fourth-order valence-corrected chi connectivity index (χ4v) is 2.55. The molecule has 2 unspecified atom stereocenters. The van der Waals surface area contributed by atoms with Crippen LogP contribution in [-0.4, -0.2) is 41.8 Å². The Morgan fingerprint density at radius 3 is 2.68 bits per heavy atom. The summed E-state index contributed by atoms with van der Waals surface area (Å²) in [5, 5.41) is 9.91. The molecule has 1 aromatic rings. The Morgan fingerprint density at radius 1 is 1.42 bits per heavy atom. The van der Waals surface area contributed by atoms with Gasteiger partial charge in [0, 0.05) is 17.6 Å². The van der Waals surface area contributed by atoms with Gasteiger partial charge in [0.15, 0.2) is 0 Å². The molecule has 4 nitrogen and oxygen atoms in total. The zero-order valence-electron chi connectivity index (χ0n) is 10.9. The van der Waals surface area contributed by atoms with Gasteiger partial charge in [-0.3, -0.25) is 9.69 Å². The molecule has 0 aliphatic carbocycles. The Bertz CT molecular complexity index is 435. The van der Waals surface area contributed by atoms with E-state index in [9.17, 15) is 9.90 Å². The Kier molecular flexibility index (Phi) is 4.80. The summed E-state index contributed by atoms with van der Waals surface area (Å²) in [5.41, 5.74) is 1.13. The smallest absolute Gasteiger partial charge is 0.310 e.